The molecule has 0 saturated heterocycles. The second-order valence-corrected chi connectivity index (χ2v) is 3.81. The van der Waals surface area contributed by atoms with Crippen LogP contribution in [0.1, 0.15) is 6.42 Å². The van der Waals surface area contributed by atoms with Gasteiger partial charge in [-0.05, 0) is 18.3 Å². The summed E-state index contributed by atoms with van der Waals surface area (Å²) in [5.74, 6) is -0.230. The summed E-state index contributed by atoms with van der Waals surface area (Å²) in [5, 5.41) is 18.7. The first-order valence-electron chi connectivity index (χ1n) is 4.37. The normalized spacial score (nSPS) is 44.4. The Morgan fingerprint density at radius 1 is 1.77 bits per heavy atom. The Bertz CT molecular complexity index is 240. The first kappa shape index (κ1) is 10.5. The van der Waals surface area contributed by atoms with E-state index in [0.717, 1.165) is 0 Å². The topological polar surface area (TPSA) is 40.5 Å². The molecule has 0 amide bonds. The lowest BCUT2D eigenvalue weighted by Gasteiger charge is -2.26. The van der Waals surface area contributed by atoms with Crippen molar-refractivity contribution in [3.8, 4) is 0 Å². The molecule has 2 N–H and O–H groups in total. The molecular weight excluding hydrogens is 170 g/mol. The third-order valence-electron chi connectivity index (χ3n) is 2.82. The minimum Gasteiger partial charge on any atom is -0.395 e. The van der Waals surface area contributed by atoms with E-state index in [4.69, 9.17) is 5.11 Å². The summed E-state index contributed by atoms with van der Waals surface area (Å²) in [6.07, 6.45) is -0.485. The summed E-state index contributed by atoms with van der Waals surface area (Å²) >= 11 is 0. The van der Waals surface area contributed by atoms with Gasteiger partial charge in [-0.1, -0.05) is 6.58 Å². The Hall–Kier alpha value is -0.565. The third-order valence-corrected chi connectivity index (χ3v) is 2.82. The van der Waals surface area contributed by atoms with Gasteiger partial charge >= 0.3 is 0 Å². The van der Waals surface area contributed by atoms with Crippen molar-refractivity contribution in [1.29, 1.82) is 0 Å². The van der Waals surface area contributed by atoms with Crippen LogP contribution < -0.4 is 0 Å². The van der Waals surface area contributed by atoms with E-state index in [-0.39, 0.29) is 12.4 Å². The molecule has 1 saturated carbocycles. The fraction of sp³-hybridized carbons (Fsp3) is 0.667. The molecule has 0 heterocycles. The van der Waals surface area contributed by atoms with Gasteiger partial charge in [0.15, 0.2) is 0 Å². The Labute approximate surface area is 78.2 Å². The van der Waals surface area contributed by atoms with Crippen molar-refractivity contribution in [3.63, 3.8) is 0 Å². The van der Waals surface area contributed by atoms with E-state index < -0.39 is 17.7 Å². The van der Waals surface area contributed by atoms with Gasteiger partial charge in [0, 0.05) is 5.41 Å². The fourth-order valence-electron chi connectivity index (χ4n) is 2.01. The van der Waals surface area contributed by atoms with E-state index in [1.165, 1.54) is 6.08 Å². The Morgan fingerprint density at radius 3 is 2.69 bits per heavy atom. The first-order valence-corrected chi connectivity index (χ1v) is 4.37. The van der Waals surface area contributed by atoms with Crippen molar-refractivity contribution >= 4 is 7.85 Å². The van der Waals surface area contributed by atoms with Gasteiger partial charge < -0.3 is 10.2 Å². The predicted molar refractivity (Wildman–Crippen MR) is 51.0 cm³/mol. The monoisotopic (exact) mass is 184 g/mol. The lowest BCUT2D eigenvalue weighted by molar-refractivity contribution is 0.00644. The van der Waals surface area contributed by atoms with Crippen molar-refractivity contribution in [2.75, 3.05) is 6.61 Å². The molecule has 13 heavy (non-hydrogen) atoms. The summed E-state index contributed by atoms with van der Waals surface area (Å²) in [5.41, 5.74) is 1.64. The van der Waals surface area contributed by atoms with Crippen LogP contribution in [0.3, 0.4) is 0 Å². The highest BCUT2D eigenvalue weighted by Crippen LogP contribution is 2.46. The van der Waals surface area contributed by atoms with Gasteiger partial charge in [-0.25, -0.2) is 4.39 Å². The zero-order valence-corrected chi connectivity index (χ0v) is 7.70. The molecule has 1 fully saturated rings. The first-order chi connectivity index (χ1) is 6.07. The number of hydrogen-bond acceptors (Lipinski definition) is 2. The van der Waals surface area contributed by atoms with Crippen LogP contribution in [0.15, 0.2) is 18.4 Å². The minimum atomic E-state index is -1.27. The number of aliphatic hydroxyl groups is 2. The van der Waals surface area contributed by atoms with Crippen molar-refractivity contribution in [3.05, 3.63) is 18.4 Å². The van der Waals surface area contributed by atoms with Gasteiger partial charge in [0.2, 0.25) is 0 Å². The largest absolute Gasteiger partial charge is 0.395 e. The van der Waals surface area contributed by atoms with Gasteiger partial charge in [0.1, 0.15) is 14.0 Å². The van der Waals surface area contributed by atoms with Crippen LogP contribution in [0.4, 0.5) is 4.39 Å². The molecule has 1 aliphatic rings. The van der Waals surface area contributed by atoms with Crippen LogP contribution in [0.25, 0.3) is 0 Å². The molecule has 4 heteroatoms. The fourth-order valence-corrected chi connectivity index (χ4v) is 2.01. The quantitative estimate of drug-likeness (QED) is 0.462. The Morgan fingerprint density at radius 2 is 2.38 bits per heavy atom. The molecule has 0 aromatic heterocycles. The van der Waals surface area contributed by atoms with Gasteiger partial charge in [-0.15, -0.1) is 5.73 Å². The highest BCUT2D eigenvalue weighted by atomic mass is 19.1. The smallest absolute Gasteiger partial charge is 0.123 e. The van der Waals surface area contributed by atoms with E-state index in [0.29, 0.717) is 6.42 Å². The van der Waals surface area contributed by atoms with Crippen molar-refractivity contribution in [2.24, 2.45) is 5.41 Å². The number of alkyl halides is 1. The summed E-state index contributed by atoms with van der Waals surface area (Å²) in [7, 11) is 1.72. The number of aliphatic hydroxyl groups excluding tert-OH is 2. The molecule has 2 nitrogen and oxygen atoms in total. The number of hydrogen-bond donors (Lipinski definition) is 2. The van der Waals surface area contributed by atoms with E-state index in [2.05, 4.69) is 12.3 Å². The maximum Gasteiger partial charge on any atom is 0.123 e. The molecule has 4 atom stereocenters. The van der Waals surface area contributed by atoms with Crippen LogP contribution in [-0.4, -0.2) is 36.9 Å². The molecule has 1 rings (SSSR count). The molecule has 0 spiro atoms. The van der Waals surface area contributed by atoms with Gasteiger partial charge in [0.25, 0.3) is 0 Å². The van der Waals surface area contributed by atoms with Crippen LogP contribution in [-0.2, 0) is 0 Å². The molecular formula is C9H14BFO2. The summed E-state index contributed by atoms with van der Waals surface area (Å²) in [6, 6.07) is 0. The number of halogens is 1. The zero-order valence-electron chi connectivity index (χ0n) is 7.70. The molecule has 0 bridgehead atoms. The summed E-state index contributed by atoms with van der Waals surface area (Å²) in [4.78, 5) is 0. The minimum absolute atomic E-state index is 0.230. The summed E-state index contributed by atoms with van der Waals surface area (Å²) < 4.78 is 13.3. The molecule has 0 aromatic carbocycles. The highest BCUT2D eigenvalue weighted by Gasteiger charge is 2.50. The van der Waals surface area contributed by atoms with Gasteiger partial charge in [-0.3, -0.25) is 0 Å². The molecule has 72 valence electrons. The van der Waals surface area contributed by atoms with Gasteiger partial charge in [-0.2, -0.15) is 0 Å². The average Bonchev–Trinajstić information content (AvgIpc) is 2.32. The van der Waals surface area contributed by atoms with E-state index in [9.17, 15) is 9.50 Å². The average molecular weight is 184 g/mol. The standard InChI is InChI=1S/C9H14BFO2/c1-2-3-9(5-12)4-6(10)7(11)8(9)13/h3,6-8,12-13H,1,4-5,10H2/t6-,7?,8-,9-/m1/s1. The predicted octanol–water partition coefficient (Wildman–Crippen LogP) is -0.170. The van der Waals surface area contributed by atoms with E-state index >= 15 is 0 Å². The molecule has 1 unspecified atom stereocenters. The molecule has 1 aliphatic carbocycles. The third kappa shape index (κ3) is 1.57. The summed E-state index contributed by atoms with van der Waals surface area (Å²) in [6.45, 7) is 3.11. The molecule has 0 aromatic rings. The zero-order chi connectivity index (χ0) is 10.1. The van der Waals surface area contributed by atoms with E-state index in [1.54, 1.807) is 7.85 Å². The maximum atomic E-state index is 13.3. The second-order valence-electron chi connectivity index (χ2n) is 3.81. The molecule has 0 aliphatic heterocycles. The number of rotatable bonds is 2. The van der Waals surface area contributed by atoms with Crippen molar-refractivity contribution in [1.82, 2.24) is 0 Å². The van der Waals surface area contributed by atoms with Crippen LogP contribution in [0.2, 0.25) is 5.82 Å². The van der Waals surface area contributed by atoms with Gasteiger partial charge in [0.05, 0.1) is 12.7 Å². The second kappa shape index (κ2) is 3.66. The van der Waals surface area contributed by atoms with Crippen molar-refractivity contribution < 1.29 is 14.6 Å². The van der Waals surface area contributed by atoms with Crippen LogP contribution in [0.5, 0.6) is 0 Å². The highest BCUT2D eigenvalue weighted by molar-refractivity contribution is 6.12. The molecule has 0 radical (unpaired) electrons. The SMILES string of the molecule is B[C@@H]1C[C@](C=C=C)(CO)[C@H](O)C1F. The maximum absolute atomic E-state index is 13.3. The lowest BCUT2D eigenvalue weighted by atomic mass is 9.80. The van der Waals surface area contributed by atoms with Crippen molar-refractivity contribution in [2.45, 2.75) is 24.5 Å². The Kier molecular flexibility index (Phi) is 2.96. The Balaban J connectivity index is 2.95. The van der Waals surface area contributed by atoms with Crippen LogP contribution in [0, 0.1) is 5.41 Å². The lowest BCUT2D eigenvalue weighted by Crippen LogP contribution is -2.35. The van der Waals surface area contributed by atoms with Crippen LogP contribution >= 0.6 is 0 Å². The van der Waals surface area contributed by atoms with E-state index in [1.807, 2.05) is 0 Å².